The lowest BCUT2D eigenvalue weighted by Crippen LogP contribution is -2.11. The van der Waals surface area contributed by atoms with Crippen LogP contribution in [0.2, 0.25) is 0 Å². The Labute approximate surface area is 140 Å². The number of hydrogen-bond donors (Lipinski definition) is 1. The third-order valence-electron chi connectivity index (χ3n) is 4.20. The average molecular weight is 321 g/mol. The fourth-order valence-corrected chi connectivity index (χ4v) is 2.95. The summed E-state index contributed by atoms with van der Waals surface area (Å²) in [5.41, 5.74) is 1.82. The van der Waals surface area contributed by atoms with Crippen molar-refractivity contribution in [1.82, 2.24) is 29.7 Å². The van der Waals surface area contributed by atoms with Gasteiger partial charge in [0.05, 0.1) is 12.2 Å². The average Bonchev–Trinajstić information content (AvgIpc) is 2.87. The molecular weight excluding hydrogens is 302 g/mol. The third kappa shape index (κ3) is 3.10. The standard InChI is InChI=1S/C17H19N7/c1-2-6-15-22-23-16(24(15)10-3-1)12-20-17-19-9-7-14(21-17)13-5-4-8-18-11-13/h4-5,7-9,11H,1-3,6,10,12H2,(H,19,20,21). The molecule has 4 rings (SSSR count). The molecule has 4 heterocycles. The minimum Gasteiger partial charge on any atom is -0.347 e. The topological polar surface area (TPSA) is 81.4 Å². The van der Waals surface area contributed by atoms with E-state index in [4.69, 9.17) is 0 Å². The van der Waals surface area contributed by atoms with Gasteiger partial charge in [0.1, 0.15) is 5.82 Å². The fourth-order valence-electron chi connectivity index (χ4n) is 2.95. The van der Waals surface area contributed by atoms with Crippen molar-refractivity contribution in [2.75, 3.05) is 5.32 Å². The molecule has 0 saturated heterocycles. The largest absolute Gasteiger partial charge is 0.347 e. The van der Waals surface area contributed by atoms with E-state index in [0.29, 0.717) is 12.5 Å². The maximum Gasteiger partial charge on any atom is 0.223 e. The lowest BCUT2D eigenvalue weighted by Gasteiger charge is -2.08. The number of anilines is 1. The Morgan fingerprint density at radius 2 is 2.08 bits per heavy atom. The van der Waals surface area contributed by atoms with Gasteiger partial charge >= 0.3 is 0 Å². The zero-order valence-corrected chi connectivity index (χ0v) is 13.4. The van der Waals surface area contributed by atoms with Crippen molar-refractivity contribution in [3.05, 3.63) is 48.4 Å². The van der Waals surface area contributed by atoms with Gasteiger partial charge in [-0.05, 0) is 31.0 Å². The molecule has 0 spiro atoms. The summed E-state index contributed by atoms with van der Waals surface area (Å²) in [6, 6.07) is 5.76. The van der Waals surface area contributed by atoms with E-state index >= 15 is 0 Å². The van der Waals surface area contributed by atoms with E-state index < -0.39 is 0 Å². The van der Waals surface area contributed by atoms with Crippen molar-refractivity contribution >= 4 is 5.95 Å². The van der Waals surface area contributed by atoms with Gasteiger partial charge in [0.2, 0.25) is 5.95 Å². The van der Waals surface area contributed by atoms with E-state index in [-0.39, 0.29) is 0 Å². The maximum absolute atomic E-state index is 4.55. The second-order valence-electron chi connectivity index (χ2n) is 5.86. The second-order valence-corrected chi connectivity index (χ2v) is 5.86. The summed E-state index contributed by atoms with van der Waals surface area (Å²) >= 11 is 0. The van der Waals surface area contributed by atoms with E-state index in [2.05, 4.69) is 35.0 Å². The first-order valence-electron chi connectivity index (χ1n) is 8.28. The van der Waals surface area contributed by atoms with Gasteiger partial charge in [-0.1, -0.05) is 6.42 Å². The quantitative estimate of drug-likeness (QED) is 0.795. The molecule has 7 heteroatoms. The second kappa shape index (κ2) is 6.74. The molecule has 1 aliphatic heterocycles. The number of rotatable bonds is 4. The minimum absolute atomic E-state index is 0.573. The zero-order chi connectivity index (χ0) is 16.2. The van der Waals surface area contributed by atoms with Gasteiger partial charge in [-0.2, -0.15) is 0 Å². The highest BCUT2D eigenvalue weighted by molar-refractivity contribution is 5.58. The fraction of sp³-hybridized carbons (Fsp3) is 0.353. The minimum atomic E-state index is 0.573. The highest BCUT2D eigenvalue weighted by atomic mass is 15.3. The van der Waals surface area contributed by atoms with Crippen LogP contribution in [0.4, 0.5) is 5.95 Å². The number of nitrogens with zero attached hydrogens (tertiary/aromatic N) is 6. The lowest BCUT2D eigenvalue weighted by molar-refractivity contribution is 0.609. The smallest absolute Gasteiger partial charge is 0.223 e. The first-order valence-corrected chi connectivity index (χ1v) is 8.28. The van der Waals surface area contributed by atoms with Crippen LogP contribution in [0.1, 0.15) is 30.9 Å². The Morgan fingerprint density at radius 3 is 3.00 bits per heavy atom. The summed E-state index contributed by atoms with van der Waals surface area (Å²) < 4.78 is 2.23. The van der Waals surface area contributed by atoms with Gasteiger partial charge in [0.25, 0.3) is 0 Å². The highest BCUT2D eigenvalue weighted by Gasteiger charge is 2.14. The molecule has 0 amide bonds. The van der Waals surface area contributed by atoms with Crippen molar-refractivity contribution in [3.63, 3.8) is 0 Å². The van der Waals surface area contributed by atoms with Crippen LogP contribution in [-0.2, 0) is 19.5 Å². The molecule has 0 saturated carbocycles. The maximum atomic E-state index is 4.55. The lowest BCUT2D eigenvalue weighted by atomic mass is 10.2. The van der Waals surface area contributed by atoms with Gasteiger partial charge in [-0.25, -0.2) is 9.97 Å². The Bertz CT molecular complexity index is 813. The zero-order valence-electron chi connectivity index (χ0n) is 13.4. The van der Waals surface area contributed by atoms with E-state index in [0.717, 1.165) is 35.9 Å². The molecule has 0 aromatic carbocycles. The molecule has 0 bridgehead atoms. The molecule has 0 atom stereocenters. The van der Waals surface area contributed by atoms with Crippen molar-refractivity contribution in [2.24, 2.45) is 0 Å². The summed E-state index contributed by atoms with van der Waals surface area (Å²) in [6.45, 7) is 1.57. The number of fused-ring (bicyclic) bond motifs is 1. The van der Waals surface area contributed by atoms with E-state index in [9.17, 15) is 0 Å². The van der Waals surface area contributed by atoms with E-state index in [1.54, 1.807) is 18.6 Å². The third-order valence-corrected chi connectivity index (χ3v) is 4.20. The van der Waals surface area contributed by atoms with Crippen LogP contribution >= 0.6 is 0 Å². The number of pyridine rings is 1. The van der Waals surface area contributed by atoms with E-state index in [1.807, 2.05) is 18.2 Å². The molecule has 7 nitrogen and oxygen atoms in total. The summed E-state index contributed by atoms with van der Waals surface area (Å²) in [6.07, 6.45) is 9.95. The van der Waals surface area contributed by atoms with Crippen LogP contribution in [0, 0.1) is 0 Å². The van der Waals surface area contributed by atoms with Gasteiger partial charge in [-0.15, -0.1) is 10.2 Å². The molecular formula is C17H19N7. The highest BCUT2D eigenvalue weighted by Crippen LogP contribution is 2.17. The first-order chi connectivity index (χ1) is 11.9. The molecule has 3 aromatic rings. The predicted octanol–water partition coefficient (Wildman–Crippen LogP) is 2.47. The summed E-state index contributed by atoms with van der Waals surface area (Å²) in [5.74, 6) is 2.62. The molecule has 0 radical (unpaired) electrons. The Balaban J connectivity index is 1.50. The Morgan fingerprint density at radius 1 is 1.08 bits per heavy atom. The first kappa shape index (κ1) is 14.7. The molecule has 122 valence electrons. The van der Waals surface area contributed by atoms with Crippen molar-refractivity contribution in [3.8, 4) is 11.3 Å². The monoisotopic (exact) mass is 321 g/mol. The number of nitrogens with one attached hydrogen (secondary N) is 1. The molecule has 0 fully saturated rings. The molecule has 1 N–H and O–H groups in total. The van der Waals surface area contributed by atoms with Crippen molar-refractivity contribution < 1.29 is 0 Å². The van der Waals surface area contributed by atoms with Crippen LogP contribution in [-0.4, -0.2) is 29.7 Å². The van der Waals surface area contributed by atoms with Crippen LogP contribution in [0.15, 0.2) is 36.8 Å². The predicted molar refractivity (Wildman–Crippen MR) is 90.2 cm³/mol. The van der Waals surface area contributed by atoms with Crippen molar-refractivity contribution in [1.29, 1.82) is 0 Å². The Hall–Kier alpha value is -2.83. The number of aromatic nitrogens is 6. The summed E-state index contributed by atoms with van der Waals surface area (Å²) in [7, 11) is 0. The van der Waals surface area contributed by atoms with Gasteiger partial charge in [-0.3, -0.25) is 4.98 Å². The Kier molecular flexibility index (Phi) is 4.14. The molecule has 0 aliphatic carbocycles. The number of hydrogen-bond acceptors (Lipinski definition) is 6. The van der Waals surface area contributed by atoms with Gasteiger partial charge in [0, 0.05) is 37.1 Å². The van der Waals surface area contributed by atoms with Crippen LogP contribution in [0.3, 0.4) is 0 Å². The van der Waals surface area contributed by atoms with Crippen LogP contribution in [0.25, 0.3) is 11.3 Å². The van der Waals surface area contributed by atoms with Gasteiger partial charge < -0.3 is 9.88 Å². The van der Waals surface area contributed by atoms with Crippen LogP contribution in [0.5, 0.6) is 0 Å². The molecule has 3 aromatic heterocycles. The number of aryl methyl sites for hydroxylation is 1. The van der Waals surface area contributed by atoms with Gasteiger partial charge in [0.15, 0.2) is 5.82 Å². The molecule has 0 unspecified atom stereocenters. The summed E-state index contributed by atoms with van der Waals surface area (Å²) in [4.78, 5) is 13.0. The van der Waals surface area contributed by atoms with Crippen LogP contribution < -0.4 is 5.32 Å². The summed E-state index contributed by atoms with van der Waals surface area (Å²) in [5, 5.41) is 11.9. The molecule has 1 aliphatic rings. The van der Waals surface area contributed by atoms with Crippen molar-refractivity contribution in [2.45, 2.75) is 38.8 Å². The SMILES string of the molecule is c1cncc(-c2ccnc(NCc3nnc4n3CCCCC4)n2)c1. The van der Waals surface area contributed by atoms with E-state index in [1.165, 1.54) is 19.3 Å². The normalized spacial score (nSPS) is 14.0. The molecule has 24 heavy (non-hydrogen) atoms.